The number of carbonyl (C=O) groups is 1. The number of rotatable bonds is 4. The Morgan fingerprint density at radius 3 is 2.88 bits per heavy atom. The number of hydrogen-bond donors (Lipinski definition) is 2. The summed E-state index contributed by atoms with van der Waals surface area (Å²) >= 11 is 0. The maximum atomic E-state index is 11.2. The van der Waals surface area contributed by atoms with Crippen LogP contribution < -0.4 is 10.6 Å². The van der Waals surface area contributed by atoms with Gasteiger partial charge in [-0.1, -0.05) is 0 Å². The van der Waals surface area contributed by atoms with Crippen molar-refractivity contribution < 1.29 is 9.72 Å². The van der Waals surface area contributed by atoms with Crippen LogP contribution in [0, 0.1) is 10.1 Å². The summed E-state index contributed by atoms with van der Waals surface area (Å²) in [4.78, 5) is 25.2. The van der Waals surface area contributed by atoms with Crippen LogP contribution in [-0.4, -0.2) is 28.9 Å². The Kier molecular flexibility index (Phi) is 3.76. The van der Waals surface area contributed by atoms with Crippen LogP contribution in [0.5, 0.6) is 0 Å². The zero-order chi connectivity index (χ0) is 12.1. The molecule has 0 spiro atoms. The molecule has 0 saturated heterocycles. The number of nitro groups is 1. The molecule has 0 bridgehead atoms. The predicted octanol–water partition coefficient (Wildman–Crippen LogP) is 0.536. The molecule has 0 radical (unpaired) electrons. The molecule has 7 nitrogen and oxygen atoms in total. The summed E-state index contributed by atoms with van der Waals surface area (Å²) in [6.07, 6.45) is 1.42. The molecule has 16 heavy (non-hydrogen) atoms. The van der Waals surface area contributed by atoms with E-state index in [2.05, 4.69) is 15.6 Å². The van der Waals surface area contributed by atoms with Crippen molar-refractivity contribution in [1.82, 2.24) is 10.3 Å². The molecule has 0 saturated carbocycles. The van der Waals surface area contributed by atoms with Crippen molar-refractivity contribution in [2.24, 2.45) is 0 Å². The Hall–Kier alpha value is -2.18. The molecule has 1 aromatic rings. The Bertz CT molecular complexity index is 407. The van der Waals surface area contributed by atoms with Gasteiger partial charge in [-0.25, -0.2) is 4.98 Å². The van der Waals surface area contributed by atoms with Gasteiger partial charge < -0.3 is 10.6 Å². The smallest absolute Gasteiger partial charge is 0.311 e. The first-order valence-electron chi connectivity index (χ1n) is 4.63. The number of amides is 1. The van der Waals surface area contributed by atoms with E-state index in [0.29, 0.717) is 0 Å². The summed E-state index contributed by atoms with van der Waals surface area (Å²) < 4.78 is 0. The van der Waals surface area contributed by atoms with Gasteiger partial charge in [-0.2, -0.15) is 0 Å². The number of hydrogen-bond acceptors (Lipinski definition) is 5. The third-order valence-corrected chi connectivity index (χ3v) is 1.98. The van der Waals surface area contributed by atoms with Crippen LogP contribution >= 0.6 is 0 Å². The number of nitrogens with one attached hydrogen (secondary N) is 2. The molecule has 0 aromatic carbocycles. The Labute approximate surface area is 92.0 Å². The quantitative estimate of drug-likeness (QED) is 0.574. The minimum absolute atomic E-state index is 0.0867. The Morgan fingerprint density at radius 1 is 1.62 bits per heavy atom. The highest BCUT2D eigenvalue weighted by Gasteiger charge is 2.18. The van der Waals surface area contributed by atoms with Crippen molar-refractivity contribution in [3.05, 3.63) is 28.4 Å². The maximum absolute atomic E-state index is 11.2. The lowest BCUT2D eigenvalue weighted by atomic mass is 10.3. The number of nitrogens with zero attached hydrogens (tertiary/aromatic N) is 2. The highest BCUT2D eigenvalue weighted by atomic mass is 16.6. The van der Waals surface area contributed by atoms with Crippen LogP contribution in [0.25, 0.3) is 0 Å². The van der Waals surface area contributed by atoms with Crippen molar-refractivity contribution in [2.75, 3.05) is 12.4 Å². The van der Waals surface area contributed by atoms with Crippen molar-refractivity contribution in [1.29, 1.82) is 0 Å². The molecule has 0 fully saturated rings. The van der Waals surface area contributed by atoms with E-state index in [-0.39, 0.29) is 17.4 Å². The number of anilines is 1. The van der Waals surface area contributed by atoms with Crippen molar-refractivity contribution >= 4 is 17.4 Å². The number of aromatic nitrogens is 1. The topological polar surface area (TPSA) is 97.2 Å². The van der Waals surface area contributed by atoms with E-state index in [9.17, 15) is 14.9 Å². The molecule has 1 atom stereocenters. The zero-order valence-corrected chi connectivity index (χ0v) is 8.93. The van der Waals surface area contributed by atoms with Gasteiger partial charge in [0.15, 0.2) is 0 Å². The first kappa shape index (κ1) is 11.9. The SMILES string of the molecule is CNC(=O)C(C)Nc1ncccc1[N+](=O)[O-]. The van der Waals surface area contributed by atoms with Crippen LogP contribution in [0.2, 0.25) is 0 Å². The van der Waals surface area contributed by atoms with Gasteiger partial charge in [0.25, 0.3) is 0 Å². The first-order chi connectivity index (χ1) is 7.56. The van der Waals surface area contributed by atoms with Gasteiger partial charge >= 0.3 is 5.69 Å². The Balaban J connectivity index is 2.88. The van der Waals surface area contributed by atoms with E-state index >= 15 is 0 Å². The van der Waals surface area contributed by atoms with Crippen LogP contribution in [0.4, 0.5) is 11.5 Å². The molecular formula is C9H12N4O3. The Morgan fingerprint density at radius 2 is 2.31 bits per heavy atom. The summed E-state index contributed by atoms with van der Waals surface area (Å²) in [6, 6.07) is 2.21. The molecule has 1 heterocycles. The molecule has 1 amide bonds. The summed E-state index contributed by atoms with van der Waals surface area (Å²) in [5.41, 5.74) is -0.154. The number of carbonyl (C=O) groups excluding carboxylic acids is 1. The largest absolute Gasteiger partial charge is 0.357 e. The number of pyridine rings is 1. The van der Waals surface area contributed by atoms with Gasteiger partial charge in [0.05, 0.1) is 4.92 Å². The lowest BCUT2D eigenvalue weighted by molar-refractivity contribution is -0.384. The third kappa shape index (κ3) is 2.66. The van der Waals surface area contributed by atoms with Gasteiger partial charge in [0.2, 0.25) is 11.7 Å². The third-order valence-electron chi connectivity index (χ3n) is 1.98. The van der Waals surface area contributed by atoms with E-state index in [1.165, 1.54) is 25.4 Å². The summed E-state index contributed by atoms with van der Waals surface area (Å²) in [6.45, 7) is 1.59. The van der Waals surface area contributed by atoms with Crippen LogP contribution in [0.3, 0.4) is 0 Å². The molecule has 0 aliphatic heterocycles. The monoisotopic (exact) mass is 224 g/mol. The van der Waals surface area contributed by atoms with Crippen LogP contribution in [0.1, 0.15) is 6.92 Å². The predicted molar refractivity (Wildman–Crippen MR) is 58.0 cm³/mol. The molecule has 0 aliphatic carbocycles. The highest BCUT2D eigenvalue weighted by Crippen LogP contribution is 2.20. The molecule has 2 N–H and O–H groups in total. The molecule has 1 aromatic heterocycles. The van der Waals surface area contributed by atoms with Crippen molar-refractivity contribution in [3.8, 4) is 0 Å². The van der Waals surface area contributed by atoms with Crippen molar-refractivity contribution in [3.63, 3.8) is 0 Å². The molecule has 1 unspecified atom stereocenters. The van der Waals surface area contributed by atoms with E-state index in [4.69, 9.17) is 0 Å². The molecule has 7 heteroatoms. The van der Waals surface area contributed by atoms with E-state index in [1.807, 2.05) is 0 Å². The van der Waals surface area contributed by atoms with Crippen molar-refractivity contribution in [2.45, 2.75) is 13.0 Å². The second kappa shape index (κ2) is 5.06. The van der Waals surface area contributed by atoms with Gasteiger partial charge in [-0.05, 0) is 13.0 Å². The zero-order valence-electron chi connectivity index (χ0n) is 8.93. The summed E-state index contributed by atoms with van der Waals surface area (Å²) in [5, 5.41) is 15.8. The second-order valence-corrected chi connectivity index (χ2v) is 3.11. The summed E-state index contributed by atoms with van der Waals surface area (Å²) in [7, 11) is 1.49. The van der Waals surface area contributed by atoms with Gasteiger partial charge in [0.1, 0.15) is 6.04 Å². The van der Waals surface area contributed by atoms with E-state index < -0.39 is 11.0 Å². The van der Waals surface area contributed by atoms with Gasteiger partial charge in [-0.3, -0.25) is 14.9 Å². The minimum atomic E-state index is -0.585. The summed E-state index contributed by atoms with van der Waals surface area (Å²) in [5.74, 6) is -0.177. The van der Waals surface area contributed by atoms with E-state index in [0.717, 1.165) is 0 Å². The average Bonchev–Trinajstić information content (AvgIpc) is 2.28. The fourth-order valence-electron chi connectivity index (χ4n) is 1.14. The fourth-order valence-corrected chi connectivity index (χ4v) is 1.14. The van der Waals surface area contributed by atoms with E-state index in [1.54, 1.807) is 6.92 Å². The molecular weight excluding hydrogens is 212 g/mol. The fraction of sp³-hybridized carbons (Fsp3) is 0.333. The lowest BCUT2D eigenvalue weighted by Gasteiger charge is -2.12. The first-order valence-corrected chi connectivity index (χ1v) is 4.63. The van der Waals surface area contributed by atoms with Gasteiger partial charge in [-0.15, -0.1) is 0 Å². The van der Waals surface area contributed by atoms with Gasteiger partial charge in [0, 0.05) is 19.3 Å². The van der Waals surface area contributed by atoms with Crippen LogP contribution in [-0.2, 0) is 4.79 Å². The van der Waals surface area contributed by atoms with Crippen LogP contribution in [0.15, 0.2) is 18.3 Å². The molecule has 1 rings (SSSR count). The average molecular weight is 224 g/mol. The molecule has 0 aliphatic rings. The molecule has 86 valence electrons. The number of likely N-dealkylation sites (N-methyl/N-ethyl adjacent to an activating group) is 1. The minimum Gasteiger partial charge on any atom is -0.357 e. The highest BCUT2D eigenvalue weighted by molar-refractivity contribution is 5.84. The second-order valence-electron chi connectivity index (χ2n) is 3.11. The standard InChI is InChI=1S/C9H12N4O3/c1-6(9(14)10-2)12-8-7(13(15)16)4-3-5-11-8/h3-6H,1-2H3,(H,10,14)(H,11,12). The normalized spacial score (nSPS) is 11.6. The maximum Gasteiger partial charge on any atom is 0.311 e. The lowest BCUT2D eigenvalue weighted by Crippen LogP contribution is -2.35.